The molecule has 0 saturated carbocycles. The van der Waals surface area contributed by atoms with Gasteiger partial charge in [-0.05, 0) is 48.9 Å². The van der Waals surface area contributed by atoms with Gasteiger partial charge in [-0.1, -0.05) is 30.3 Å². The molecule has 0 radical (unpaired) electrons. The Balaban J connectivity index is 1.40. The number of rotatable bonds is 6. The Morgan fingerprint density at radius 3 is 2.86 bits per heavy atom. The Morgan fingerprint density at radius 1 is 1.24 bits per heavy atom. The molecule has 2 aromatic rings. The van der Waals surface area contributed by atoms with Crippen molar-refractivity contribution in [2.24, 2.45) is 0 Å². The number of hydrogen-bond acceptors (Lipinski definition) is 3. The number of benzene rings is 1. The maximum Gasteiger partial charge on any atom is 0.0305 e. The summed E-state index contributed by atoms with van der Waals surface area (Å²) in [6.07, 6.45) is 2.44. The van der Waals surface area contributed by atoms with Crippen LogP contribution in [0.15, 0.2) is 41.8 Å². The van der Waals surface area contributed by atoms with Crippen molar-refractivity contribution in [3.8, 4) is 0 Å². The SMILES string of the molecule is Cc1ccsc1CNC1CCN(CCc2ccccc2)C1. The van der Waals surface area contributed by atoms with E-state index in [2.05, 4.69) is 58.9 Å². The van der Waals surface area contributed by atoms with Crippen LogP contribution in [0.3, 0.4) is 0 Å². The van der Waals surface area contributed by atoms with E-state index in [0.29, 0.717) is 6.04 Å². The van der Waals surface area contributed by atoms with E-state index in [1.807, 2.05) is 11.3 Å². The van der Waals surface area contributed by atoms with Crippen molar-refractivity contribution >= 4 is 11.3 Å². The number of thiophene rings is 1. The summed E-state index contributed by atoms with van der Waals surface area (Å²) >= 11 is 1.87. The average molecular weight is 300 g/mol. The standard InChI is InChI=1S/C18H24N2S/c1-15-9-12-21-18(15)13-19-17-8-11-20(14-17)10-7-16-5-3-2-4-6-16/h2-6,9,12,17,19H,7-8,10-11,13-14H2,1H3. The van der Waals surface area contributed by atoms with Crippen molar-refractivity contribution < 1.29 is 0 Å². The largest absolute Gasteiger partial charge is 0.308 e. The van der Waals surface area contributed by atoms with Gasteiger partial charge in [0.2, 0.25) is 0 Å². The van der Waals surface area contributed by atoms with E-state index in [-0.39, 0.29) is 0 Å². The van der Waals surface area contributed by atoms with E-state index in [4.69, 9.17) is 0 Å². The molecule has 1 atom stereocenters. The summed E-state index contributed by atoms with van der Waals surface area (Å²) in [7, 11) is 0. The molecule has 0 spiro atoms. The van der Waals surface area contributed by atoms with Crippen LogP contribution < -0.4 is 5.32 Å². The third-order valence-corrected chi connectivity index (χ3v) is 5.37. The van der Waals surface area contributed by atoms with Crippen LogP contribution in [0, 0.1) is 6.92 Å². The zero-order valence-corrected chi connectivity index (χ0v) is 13.5. The predicted molar refractivity (Wildman–Crippen MR) is 90.9 cm³/mol. The minimum atomic E-state index is 0.655. The van der Waals surface area contributed by atoms with Gasteiger partial charge >= 0.3 is 0 Å². The zero-order valence-electron chi connectivity index (χ0n) is 12.7. The van der Waals surface area contributed by atoms with Gasteiger partial charge in [-0.15, -0.1) is 11.3 Å². The number of nitrogens with zero attached hydrogens (tertiary/aromatic N) is 1. The van der Waals surface area contributed by atoms with Crippen LogP contribution in [0.25, 0.3) is 0 Å². The van der Waals surface area contributed by atoms with Crippen LogP contribution in [-0.4, -0.2) is 30.6 Å². The number of likely N-dealkylation sites (tertiary alicyclic amines) is 1. The number of hydrogen-bond donors (Lipinski definition) is 1. The Kier molecular flexibility index (Phi) is 5.07. The number of aryl methyl sites for hydroxylation is 1. The van der Waals surface area contributed by atoms with E-state index < -0.39 is 0 Å². The van der Waals surface area contributed by atoms with Crippen LogP contribution >= 0.6 is 11.3 Å². The summed E-state index contributed by atoms with van der Waals surface area (Å²) in [4.78, 5) is 4.07. The lowest BCUT2D eigenvalue weighted by molar-refractivity contribution is 0.331. The molecule has 1 unspecified atom stereocenters. The molecule has 21 heavy (non-hydrogen) atoms. The first-order valence-corrected chi connectivity index (χ1v) is 8.72. The first-order valence-electron chi connectivity index (χ1n) is 7.84. The normalized spacial score (nSPS) is 19.2. The molecule has 0 bridgehead atoms. The fourth-order valence-corrected chi connectivity index (χ4v) is 3.81. The molecule has 0 aliphatic carbocycles. The maximum absolute atomic E-state index is 3.72. The second-order valence-electron chi connectivity index (χ2n) is 5.93. The molecule has 2 heterocycles. The lowest BCUT2D eigenvalue weighted by Crippen LogP contribution is -2.32. The second-order valence-corrected chi connectivity index (χ2v) is 6.93. The molecule has 0 amide bonds. The Hall–Kier alpha value is -1.16. The third kappa shape index (κ3) is 4.16. The molecule has 1 aromatic carbocycles. The fourth-order valence-electron chi connectivity index (χ4n) is 2.96. The van der Waals surface area contributed by atoms with Crippen molar-refractivity contribution in [3.63, 3.8) is 0 Å². The van der Waals surface area contributed by atoms with E-state index in [1.165, 1.54) is 42.1 Å². The van der Waals surface area contributed by atoms with Gasteiger partial charge in [-0.3, -0.25) is 0 Å². The van der Waals surface area contributed by atoms with Gasteiger partial charge in [0.05, 0.1) is 0 Å². The molecule has 1 N–H and O–H groups in total. The van der Waals surface area contributed by atoms with Gasteiger partial charge in [0.1, 0.15) is 0 Å². The highest BCUT2D eigenvalue weighted by molar-refractivity contribution is 7.10. The lowest BCUT2D eigenvalue weighted by Gasteiger charge is -2.16. The molecule has 3 rings (SSSR count). The topological polar surface area (TPSA) is 15.3 Å². The fraction of sp³-hybridized carbons (Fsp3) is 0.444. The Morgan fingerprint density at radius 2 is 2.10 bits per heavy atom. The van der Waals surface area contributed by atoms with Crippen LogP contribution in [0.4, 0.5) is 0 Å². The van der Waals surface area contributed by atoms with E-state index in [9.17, 15) is 0 Å². The van der Waals surface area contributed by atoms with Gasteiger partial charge in [-0.2, -0.15) is 0 Å². The highest BCUT2D eigenvalue weighted by Crippen LogP contribution is 2.17. The van der Waals surface area contributed by atoms with Crippen molar-refractivity contribution in [3.05, 3.63) is 57.8 Å². The van der Waals surface area contributed by atoms with Crippen molar-refractivity contribution in [1.29, 1.82) is 0 Å². The van der Waals surface area contributed by atoms with Crippen LogP contribution in [0.5, 0.6) is 0 Å². The molecule has 1 aliphatic heterocycles. The lowest BCUT2D eigenvalue weighted by atomic mass is 10.1. The second kappa shape index (κ2) is 7.21. The van der Waals surface area contributed by atoms with Gasteiger partial charge in [0.25, 0.3) is 0 Å². The van der Waals surface area contributed by atoms with Gasteiger partial charge in [0, 0.05) is 30.6 Å². The molecule has 1 aliphatic rings. The van der Waals surface area contributed by atoms with E-state index in [1.54, 1.807) is 0 Å². The van der Waals surface area contributed by atoms with Crippen molar-refractivity contribution in [1.82, 2.24) is 10.2 Å². The Bertz CT molecular complexity index is 549. The highest BCUT2D eigenvalue weighted by atomic mass is 32.1. The van der Waals surface area contributed by atoms with Gasteiger partial charge in [0.15, 0.2) is 0 Å². The first kappa shape index (κ1) is 14.8. The quantitative estimate of drug-likeness (QED) is 0.879. The Labute approximate surface area is 131 Å². The van der Waals surface area contributed by atoms with Gasteiger partial charge < -0.3 is 10.2 Å². The zero-order chi connectivity index (χ0) is 14.5. The summed E-state index contributed by atoms with van der Waals surface area (Å²) in [5.41, 5.74) is 2.87. The highest BCUT2D eigenvalue weighted by Gasteiger charge is 2.21. The van der Waals surface area contributed by atoms with E-state index in [0.717, 1.165) is 13.0 Å². The maximum atomic E-state index is 3.72. The minimum Gasteiger partial charge on any atom is -0.308 e. The average Bonchev–Trinajstić information content (AvgIpc) is 3.13. The molecule has 1 fully saturated rings. The van der Waals surface area contributed by atoms with Crippen LogP contribution in [-0.2, 0) is 13.0 Å². The summed E-state index contributed by atoms with van der Waals surface area (Å²) in [5, 5.41) is 5.91. The molecule has 112 valence electrons. The molecule has 2 nitrogen and oxygen atoms in total. The first-order chi connectivity index (χ1) is 10.3. The monoisotopic (exact) mass is 300 g/mol. The molecule has 1 saturated heterocycles. The molecular weight excluding hydrogens is 276 g/mol. The summed E-state index contributed by atoms with van der Waals surface area (Å²) in [6, 6.07) is 13.7. The minimum absolute atomic E-state index is 0.655. The van der Waals surface area contributed by atoms with Crippen molar-refractivity contribution in [2.75, 3.05) is 19.6 Å². The van der Waals surface area contributed by atoms with Crippen LogP contribution in [0.2, 0.25) is 0 Å². The molecular formula is C18H24N2S. The summed E-state index contributed by atoms with van der Waals surface area (Å²) in [6.45, 7) is 6.83. The van der Waals surface area contributed by atoms with Crippen molar-refractivity contribution in [2.45, 2.75) is 32.4 Å². The third-order valence-electron chi connectivity index (χ3n) is 4.35. The smallest absolute Gasteiger partial charge is 0.0305 e. The predicted octanol–water partition coefficient (Wildman–Crippen LogP) is 3.46. The summed E-state index contributed by atoms with van der Waals surface area (Å²) < 4.78 is 0. The molecule has 3 heteroatoms. The number of nitrogens with one attached hydrogen (secondary N) is 1. The molecule has 1 aromatic heterocycles. The van der Waals surface area contributed by atoms with Gasteiger partial charge in [-0.25, -0.2) is 0 Å². The van der Waals surface area contributed by atoms with E-state index >= 15 is 0 Å². The van der Waals surface area contributed by atoms with Crippen LogP contribution in [0.1, 0.15) is 22.4 Å². The summed E-state index contributed by atoms with van der Waals surface area (Å²) in [5.74, 6) is 0.